The Bertz CT molecular complexity index is 782. The SMILES string of the molecule is Cc1ccc(S(=O)(=O)NNc2c(F)c(F)cc(F)c2F)cc1. The van der Waals surface area contributed by atoms with Gasteiger partial charge in [-0.1, -0.05) is 17.7 Å². The lowest BCUT2D eigenvalue weighted by molar-refractivity contribution is 0.457. The maximum absolute atomic E-state index is 13.4. The Labute approximate surface area is 123 Å². The highest BCUT2D eigenvalue weighted by Crippen LogP contribution is 2.23. The average molecular weight is 334 g/mol. The molecule has 118 valence electrons. The molecule has 0 unspecified atom stereocenters. The van der Waals surface area contributed by atoms with Crippen molar-refractivity contribution in [1.29, 1.82) is 0 Å². The third kappa shape index (κ3) is 3.20. The van der Waals surface area contributed by atoms with Crippen LogP contribution in [-0.2, 0) is 10.0 Å². The molecule has 0 aromatic heterocycles. The molecule has 0 saturated heterocycles. The molecule has 2 rings (SSSR count). The molecule has 2 N–H and O–H groups in total. The number of sulfonamides is 1. The number of anilines is 1. The summed E-state index contributed by atoms with van der Waals surface area (Å²) in [5.74, 6) is -6.80. The summed E-state index contributed by atoms with van der Waals surface area (Å²) in [4.78, 5) is 1.46. The number of hydrazine groups is 1. The molecule has 0 fully saturated rings. The Hall–Kier alpha value is -2.13. The first-order valence-corrected chi connectivity index (χ1v) is 7.38. The van der Waals surface area contributed by atoms with Gasteiger partial charge in [0.15, 0.2) is 23.3 Å². The van der Waals surface area contributed by atoms with Crippen LogP contribution in [0.2, 0.25) is 0 Å². The highest BCUT2D eigenvalue weighted by Gasteiger charge is 2.21. The van der Waals surface area contributed by atoms with Crippen molar-refractivity contribution in [3.05, 3.63) is 59.2 Å². The van der Waals surface area contributed by atoms with E-state index in [1.807, 2.05) is 0 Å². The second-order valence-corrected chi connectivity index (χ2v) is 6.07. The molecule has 0 aliphatic rings. The molecule has 0 bridgehead atoms. The van der Waals surface area contributed by atoms with Crippen molar-refractivity contribution in [2.24, 2.45) is 0 Å². The van der Waals surface area contributed by atoms with Gasteiger partial charge in [0, 0.05) is 6.07 Å². The number of nitrogens with one attached hydrogen (secondary N) is 2. The molecule has 0 atom stereocenters. The molecule has 0 aliphatic carbocycles. The van der Waals surface area contributed by atoms with Gasteiger partial charge in [-0.2, -0.15) is 0 Å². The Balaban J connectivity index is 2.28. The van der Waals surface area contributed by atoms with E-state index in [0.717, 1.165) is 5.56 Å². The van der Waals surface area contributed by atoms with Gasteiger partial charge >= 0.3 is 0 Å². The first kappa shape index (κ1) is 16.2. The maximum atomic E-state index is 13.4. The molecular weight excluding hydrogens is 324 g/mol. The summed E-state index contributed by atoms with van der Waals surface area (Å²) in [6.07, 6.45) is 0. The van der Waals surface area contributed by atoms with Crippen molar-refractivity contribution in [1.82, 2.24) is 4.83 Å². The van der Waals surface area contributed by atoms with Crippen LogP contribution in [0.15, 0.2) is 35.2 Å². The Morgan fingerprint density at radius 1 is 0.909 bits per heavy atom. The normalized spacial score (nSPS) is 11.5. The summed E-state index contributed by atoms with van der Waals surface area (Å²) < 4.78 is 76.6. The van der Waals surface area contributed by atoms with E-state index in [-0.39, 0.29) is 11.0 Å². The lowest BCUT2D eigenvalue weighted by Crippen LogP contribution is -2.30. The highest BCUT2D eigenvalue weighted by molar-refractivity contribution is 7.89. The first-order valence-electron chi connectivity index (χ1n) is 5.90. The summed E-state index contributed by atoms with van der Waals surface area (Å²) in [5, 5.41) is 0. The van der Waals surface area contributed by atoms with E-state index in [9.17, 15) is 26.0 Å². The average Bonchev–Trinajstić information content (AvgIpc) is 2.45. The van der Waals surface area contributed by atoms with Crippen molar-refractivity contribution in [2.45, 2.75) is 11.8 Å². The molecule has 0 amide bonds. The van der Waals surface area contributed by atoms with Crippen LogP contribution >= 0.6 is 0 Å². The lowest BCUT2D eigenvalue weighted by atomic mass is 10.2. The third-order valence-corrected chi connectivity index (χ3v) is 4.02. The number of aryl methyl sites for hydroxylation is 1. The van der Waals surface area contributed by atoms with E-state index in [1.165, 1.54) is 24.3 Å². The van der Waals surface area contributed by atoms with Crippen LogP contribution in [0.4, 0.5) is 23.2 Å². The van der Waals surface area contributed by atoms with Crippen LogP contribution in [0.3, 0.4) is 0 Å². The highest BCUT2D eigenvalue weighted by atomic mass is 32.2. The molecule has 0 heterocycles. The summed E-state index contributed by atoms with van der Waals surface area (Å²) in [7, 11) is -4.17. The second-order valence-electron chi connectivity index (χ2n) is 4.39. The van der Waals surface area contributed by atoms with Crippen molar-refractivity contribution < 1.29 is 26.0 Å². The van der Waals surface area contributed by atoms with Crippen LogP contribution < -0.4 is 10.3 Å². The second kappa shape index (κ2) is 5.93. The minimum absolute atomic E-state index is 0.0182. The zero-order chi connectivity index (χ0) is 16.5. The Morgan fingerprint density at radius 2 is 1.41 bits per heavy atom. The number of rotatable bonds is 4. The minimum Gasteiger partial charge on any atom is -0.302 e. The fraction of sp³-hybridized carbons (Fsp3) is 0.0769. The Kier molecular flexibility index (Phi) is 4.38. The van der Waals surface area contributed by atoms with Gasteiger partial charge in [-0.25, -0.2) is 26.0 Å². The van der Waals surface area contributed by atoms with E-state index in [4.69, 9.17) is 0 Å². The lowest BCUT2D eigenvalue weighted by Gasteiger charge is -2.12. The van der Waals surface area contributed by atoms with E-state index >= 15 is 0 Å². The van der Waals surface area contributed by atoms with E-state index < -0.39 is 39.0 Å². The van der Waals surface area contributed by atoms with Crippen LogP contribution in [0, 0.1) is 30.2 Å². The van der Waals surface area contributed by atoms with Gasteiger partial charge in [-0.15, -0.1) is 4.83 Å². The fourth-order valence-corrected chi connectivity index (χ4v) is 2.43. The summed E-state index contributed by atoms with van der Waals surface area (Å²) >= 11 is 0. The monoisotopic (exact) mass is 334 g/mol. The maximum Gasteiger partial charge on any atom is 0.257 e. The number of halogens is 4. The van der Waals surface area contributed by atoms with Crippen molar-refractivity contribution in [2.75, 3.05) is 5.43 Å². The first-order chi connectivity index (χ1) is 10.2. The van der Waals surface area contributed by atoms with Crippen LogP contribution in [0.25, 0.3) is 0 Å². The standard InChI is InChI=1S/C13H10F4N2O2S/c1-7-2-4-8(5-3-7)22(20,21)19-18-13-11(16)9(14)6-10(15)12(13)17/h2-6,18-19H,1H3. The molecule has 0 radical (unpaired) electrons. The van der Waals surface area contributed by atoms with Gasteiger partial charge in [-0.05, 0) is 19.1 Å². The zero-order valence-corrected chi connectivity index (χ0v) is 11.9. The van der Waals surface area contributed by atoms with Crippen molar-refractivity contribution in [3.8, 4) is 0 Å². The number of benzene rings is 2. The smallest absolute Gasteiger partial charge is 0.257 e. The van der Waals surface area contributed by atoms with Crippen LogP contribution in [0.5, 0.6) is 0 Å². The molecule has 0 aliphatic heterocycles. The predicted octanol–water partition coefficient (Wildman–Crippen LogP) is 2.86. The van der Waals surface area contributed by atoms with Crippen LogP contribution in [-0.4, -0.2) is 8.42 Å². The van der Waals surface area contributed by atoms with Gasteiger partial charge in [0.25, 0.3) is 10.0 Å². The van der Waals surface area contributed by atoms with Crippen molar-refractivity contribution in [3.63, 3.8) is 0 Å². The molecule has 9 heteroatoms. The van der Waals surface area contributed by atoms with Gasteiger partial charge in [0.05, 0.1) is 4.90 Å². The van der Waals surface area contributed by atoms with Gasteiger partial charge in [0.2, 0.25) is 0 Å². The van der Waals surface area contributed by atoms with Gasteiger partial charge in [-0.3, -0.25) is 0 Å². The molecular formula is C13H10F4N2O2S. The quantitative estimate of drug-likeness (QED) is 0.514. The summed E-state index contributed by atoms with van der Waals surface area (Å²) in [5.41, 5.74) is 1.18. The molecule has 2 aromatic rings. The molecule has 2 aromatic carbocycles. The van der Waals surface area contributed by atoms with Gasteiger partial charge < -0.3 is 5.43 Å². The summed E-state index contributed by atoms with van der Waals surface area (Å²) in [6.45, 7) is 1.74. The molecule has 4 nitrogen and oxygen atoms in total. The zero-order valence-electron chi connectivity index (χ0n) is 11.1. The van der Waals surface area contributed by atoms with E-state index in [0.29, 0.717) is 0 Å². The Morgan fingerprint density at radius 3 is 1.91 bits per heavy atom. The number of hydrogen-bond donors (Lipinski definition) is 2. The van der Waals surface area contributed by atoms with E-state index in [1.54, 1.807) is 17.2 Å². The molecule has 0 saturated carbocycles. The summed E-state index contributed by atoms with van der Waals surface area (Å²) in [6, 6.07) is 5.57. The minimum atomic E-state index is -4.17. The predicted molar refractivity (Wildman–Crippen MR) is 71.4 cm³/mol. The topological polar surface area (TPSA) is 58.2 Å². The largest absolute Gasteiger partial charge is 0.302 e. The van der Waals surface area contributed by atoms with Crippen LogP contribution in [0.1, 0.15) is 5.56 Å². The third-order valence-electron chi connectivity index (χ3n) is 2.75. The molecule has 22 heavy (non-hydrogen) atoms. The van der Waals surface area contributed by atoms with Crippen molar-refractivity contribution >= 4 is 15.7 Å². The number of hydrogen-bond acceptors (Lipinski definition) is 3. The van der Waals surface area contributed by atoms with Gasteiger partial charge in [0.1, 0.15) is 5.69 Å². The van der Waals surface area contributed by atoms with E-state index in [2.05, 4.69) is 0 Å². The fourth-order valence-electron chi connectivity index (χ4n) is 1.58. The molecule has 0 spiro atoms.